The first-order chi connectivity index (χ1) is 10.1. The molecular weight excluding hydrogens is 288 g/mol. The summed E-state index contributed by atoms with van der Waals surface area (Å²) in [7, 11) is 0. The van der Waals surface area contributed by atoms with Crippen LogP contribution in [-0.2, 0) is 0 Å². The summed E-state index contributed by atoms with van der Waals surface area (Å²) in [6.07, 6.45) is 0.776. The topological polar surface area (TPSA) is 68.2 Å². The second-order valence-corrected chi connectivity index (χ2v) is 5.91. The van der Waals surface area contributed by atoms with Gasteiger partial charge in [-0.1, -0.05) is 0 Å². The van der Waals surface area contributed by atoms with E-state index in [0.717, 1.165) is 17.8 Å². The number of amides is 1. The fourth-order valence-electron chi connectivity index (χ4n) is 2.28. The molecule has 0 N–H and O–H groups in total. The molecule has 21 heavy (non-hydrogen) atoms. The molecule has 1 aliphatic rings. The molecule has 0 unspecified atom stereocenters. The van der Waals surface area contributed by atoms with Crippen molar-refractivity contribution in [3.63, 3.8) is 0 Å². The van der Waals surface area contributed by atoms with Crippen LogP contribution in [0.5, 0.6) is 5.88 Å². The van der Waals surface area contributed by atoms with Gasteiger partial charge in [-0.3, -0.25) is 4.79 Å². The minimum atomic E-state index is -0.0285. The van der Waals surface area contributed by atoms with Gasteiger partial charge in [-0.15, -0.1) is 16.4 Å². The zero-order valence-electron chi connectivity index (χ0n) is 11.9. The summed E-state index contributed by atoms with van der Waals surface area (Å²) in [5.74, 6) is 0.546. The molecule has 6 nitrogen and oxygen atoms in total. The highest BCUT2D eigenvalue weighted by Crippen LogP contribution is 2.21. The minimum Gasteiger partial charge on any atom is -0.471 e. The molecule has 0 radical (unpaired) electrons. The van der Waals surface area contributed by atoms with E-state index in [9.17, 15) is 4.79 Å². The van der Waals surface area contributed by atoms with Crippen molar-refractivity contribution in [3.8, 4) is 5.88 Å². The minimum absolute atomic E-state index is 0.0285. The molecule has 1 aliphatic heterocycles. The Labute approximate surface area is 126 Å². The van der Waals surface area contributed by atoms with Crippen molar-refractivity contribution in [3.05, 3.63) is 33.9 Å². The van der Waals surface area contributed by atoms with Crippen LogP contribution >= 0.6 is 11.3 Å². The predicted octanol–water partition coefficient (Wildman–Crippen LogP) is 1.84. The molecule has 0 aliphatic carbocycles. The Kier molecular flexibility index (Phi) is 3.83. The van der Waals surface area contributed by atoms with Crippen LogP contribution in [0.4, 0.5) is 0 Å². The van der Waals surface area contributed by atoms with E-state index in [4.69, 9.17) is 4.74 Å². The van der Waals surface area contributed by atoms with Crippen molar-refractivity contribution < 1.29 is 9.53 Å². The second kappa shape index (κ2) is 5.77. The van der Waals surface area contributed by atoms with Gasteiger partial charge in [-0.25, -0.2) is 4.98 Å². The molecule has 0 aromatic carbocycles. The molecule has 2 aromatic rings. The average Bonchev–Trinajstić information content (AvgIpc) is 3.10. The Hall–Kier alpha value is -2.02. The maximum Gasteiger partial charge on any atom is 0.265 e. The first-order valence-electron chi connectivity index (χ1n) is 6.80. The Morgan fingerprint density at radius 3 is 2.90 bits per heavy atom. The highest BCUT2D eigenvalue weighted by atomic mass is 32.1. The van der Waals surface area contributed by atoms with E-state index in [0.29, 0.717) is 23.8 Å². The monoisotopic (exact) mass is 304 g/mol. The molecule has 2 aromatic heterocycles. The Balaban J connectivity index is 1.62. The number of carbonyl (C=O) groups is 1. The average molecular weight is 304 g/mol. The molecule has 0 spiro atoms. The molecule has 1 atom stereocenters. The predicted molar refractivity (Wildman–Crippen MR) is 78.6 cm³/mol. The Morgan fingerprint density at radius 2 is 2.24 bits per heavy atom. The van der Waals surface area contributed by atoms with Crippen LogP contribution < -0.4 is 4.74 Å². The van der Waals surface area contributed by atoms with Crippen molar-refractivity contribution in [2.24, 2.45) is 0 Å². The normalized spacial score (nSPS) is 18.0. The Morgan fingerprint density at radius 1 is 1.38 bits per heavy atom. The first kappa shape index (κ1) is 13.9. The molecule has 0 saturated carbocycles. The summed E-state index contributed by atoms with van der Waals surface area (Å²) in [5.41, 5.74) is 3.35. The van der Waals surface area contributed by atoms with Crippen molar-refractivity contribution in [1.29, 1.82) is 0 Å². The fraction of sp³-hybridized carbons (Fsp3) is 0.429. The van der Waals surface area contributed by atoms with E-state index >= 15 is 0 Å². The number of nitrogens with zero attached hydrogens (tertiary/aromatic N) is 4. The zero-order chi connectivity index (χ0) is 14.8. The van der Waals surface area contributed by atoms with Crippen LogP contribution in [0, 0.1) is 13.8 Å². The molecule has 3 rings (SSSR count). The van der Waals surface area contributed by atoms with Gasteiger partial charge < -0.3 is 9.64 Å². The van der Waals surface area contributed by atoms with Gasteiger partial charge in [0.1, 0.15) is 11.0 Å². The van der Waals surface area contributed by atoms with E-state index in [-0.39, 0.29) is 12.0 Å². The van der Waals surface area contributed by atoms with Crippen LogP contribution in [0.2, 0.25) is 0 Å². The SMILES string of the molecule is Cc1ccc(O[C@@H]2CCN(C(=O)c3scnc3C)C2)nn1. The quantitative estimate of drug-likeness (QED) is 0.865. The third-order valence-corrected chi connectivity index (χ3v) is 4.35. The number of rotatable bonds is 3. The molecule has 1 fully saturated rings. The lowest BCUT2D eigenvalue weighted by Gasteiger charge is -2.16. The van der Waals surface area contributed by atoms with Gasteiger partial charge in [0.05, 0.1) is 23.4 Å². The number of ether oxygens (including phenoxy) is 1. The van der Waals surface area contributed by atoms with Gasteiger partial charge >= 0.3 is 0 Å². The van der Waals surface area contributed by atoms with Crippen molar-refractivity contribution >= 4 is 17.2 Å². The molecule has 3 heterocycles. The summed E-state index contributed by atoms with van der Waals surface area (Å²) in [6.45, 7) is 5.01. The van der Waals surface area contributed by atoms with Crippen LogP contribution in [0.1, 0.15) is 27.5 Å². The van der Waals surface area contributed by atoms with E-state index < -0.39 is 0 Å². The number of likely N-dealkylation sites (tertiary alicyclic amines) is 1. The molecule has 1 saturated heterocycles. The van der Waals surface area contributed by atoms with Crippen molar-refractivity contribution in [1.82, 2.24) is 20.1 Å². The number of hydrogen-bond donors (Lipinski definition) is 0. The number of aromatic nitrogens is 3. The van der Waals surface area contributed by atoms with Crippen LogP contribution in [0.3, 0.4) is 0 Å². The highest BCUT2D eigenvalue weighted by Gasteiger charge is 2.30. The lowest BCUT2D eigenvalue weighted by atomic mass is 10.3. The standard InChI is InChI=1S/C14H16N4O2S/c1-9-3-4-12(17-16-9)20-11-5-6-18(7-11)14(19)13-10(2)15-8-21-13/h3-4,8,11H,5-7H2,1-2H3/t11-/m1/s1. The Bertz CT molecular complexity index is 641. The summed E-state index contributed by atoms with van der Waals surface area (Å²) in [5, 5.41) is 7.96. The van der Waals surface area contributed by atoms with Gasteiger partial charge in [-0.2, -0.15) is 5.10 Å². The zero-order valence-corrected chi connectivity index (χ0v) is 12.8. The second-order valence-electron chi connectivity index (χ2n) is 5.06. The van der Waals surface area contributed by atoms with Gasteiger partial charge in [0.15, 0.2) is 0 Å². The van der Waals surface area contributed by atoms with Crippen LogP contribution in [-0.4, -0.2) is 45.2 Å². The van der Waals surface area contributed by atoms with E-state index in [1.54, 1.807) is 11.6 Å². The summed E-state index contributed by atoms with van der Waals surface area (Å²) in [4.78, 5) is 19.0. The largest absolute Gasteiger partial charge is 0.471 e. The van der Waals surface area contributed by atoms with Crippen LogP contribution in [0.15, 0.2) is 17.6 Å². The smallest absolute Gasteiger partial charge is 0.265 e. The lowest BCUT2D eigenvalue weighted by molar-refractivity contribution is 0.0774. The van der Waals surface area contributed by atoms with E-state index in [1.807, 2.05) is 24.8 Å². The molecule has 1 amide bonds. The molecule has 110 valence electrons. The maximum atomic E-state index is 12.4. The number of aryl methyl sites for hydroxylation is 2. The fourth-order valence-corrected chi connectivity index (χ4v) is 3.05. The summed E-state index contributed by atoms with van der Waals surface area (Å²) < 4.78 is 5.78. The van der Waals surface area contributed by atoms with E-state index in [2.05, 4.69) is 15.2 Å². The van der Waals surface area contributed by atoms with Gasteiger partial charge in [0.2, 0.25) is 5.88 Å². The summed E-state index contributed by atoms with van der Waals surface area (Å²) in [6, 6.07) is 3.67. The lowest BCUT2D eigenvalue weighted by Crippen LogP contribution is -2.30. The van der Waals surface area contributed by atoms with Crippen molar-refractivity contribution in [2.75, 3.05) is 13.1 Å². The number of thiazole rings is 1. The van der Waals surface area contributed by atoms with Gasteiger partial charge in [0, 0.05) is 19.0 Å². The number of carbonyl (C=O) groups excluding carboxylic acids is 1. The third-order valence-electron chi connectivity index (χ3n) is 3.43. The maximum absolute atomic E-state index is 12.4. The molecule has 7 heteroatoms. The van der Waals surface area contributed by atoms with Crippen molar-refractivity contribution in [2.45, 2.75) is 26.4 Å². The first-order valence-corrected chi connectivity index (χ1v) is 7.68. The highest BCUT2D eigenvalue weighted by molar-refractivity contribution is 7.11. The molecule has 0 bridgehead atoms. The molecular formula is C14H16N4O2S. The third kappa shape index (κ3) is 3.02. The van der Waals surface area contributed by atoms with Gasteiger partial charge in [0.25, 0.3) is 5.91 Å². The number of hydrogen-bond acceptors (Lipinski definition) is 6. The van der Waals surface area contributed by atoms with Gasteiger partial charge in [-0.05, 0) is 19.9 Å². The van der Waals surface area contributed by atoms with Crippen LogP contribution in [0.25, 0.3) is 0 Å². The summed E-state index contributed by atoms with van der Waals surface area (Å²) >= 11 is 1.39. The van der Waals surface area contributed by atoms with E-state index in [1.165, 1.54) is 11.3 Å².